The number of carbonyl (C=O) groups excluding carboxylic acids is 1. The van der Waals surface area contributed by atoms with E-state index in [1.807, 2.05) is 24.3 Å². The third-order valence-corrected chi connectivity index (χ3v) is 4.46. The molecule has 1 aliphatic heterocycles. The maximum atomic E-state index is 12.4. The van der Waals surface area contributed by atoms with Gasteiger partial charge in [-0.2, -0.15) is 0 Å². The molecule has 0 aromatic heterocycles. The Balaban J connectivity index is 2.14. The molecule has 1 saturated heterocycles. The number of benzene rings is 1. The molecule has 1 unspecified atom stereocenters. The molecule has 1 N–H and O–H groups in total. The van der Waals surface area contributed by atoms with Crippen LogP contribution in [0.1, 0.15) is 31.7 Å². The molecule has 1 heterocycles. The van der Waals surface area contributed by atoms with E-state index in [2.05, 4.69) is 28.2 Å². The monoisotopic (exact) mass is 295 g/mol. The number of Topliss-reactive ketones (excluding diaryl/α,β-unsaturated/α-hetero) is 1. The Bertz CT molecular complexity index is 410. The average molecular weight is 296 g/mol. The number of halogens is 1. The fraction of sp³-hybridized carbons (Fsp3) is 0.500. The van der Waals surface area contributed by atoms with Gasteiger partial charge in [-0.3, -0.25) is 4.79 Å². The minimum absolute atomic E-state index is 0.269. The van der Waals surface area contributed by atoms with Crippen LogP contribution in [-0.4, -0.2) is 17.9 Å². The van der Waals surface area contributed by atoms with Gasteiger partial charge in [0.1, 0.15) is 0 Å². The zero-order valence-corrected chi connectivity index (χ0v) is 11.7. The van der Waals surface area contributed by atoms with Crippen molar-refractivity contribution in [3.8, 4) is 0 Å². The lowest BCUT2D eigenvalue weighted by molar-refractivity contribution is -0.124. The number of ketones is 1. The SMILES string of the molecule is CCC1(C(=O)Cc2ccccc2Br)CCCN1. The van der Waals surface area contributed by atoms with Crippen molar-refractivity contribution in [2.75, 3.05) is 6.54 Å². The third-order valence-electron chi connectivity index (χ3n) is 3.69. The van der Waals surface area contributed by atoms with Gasteiger partial charge >= 0.3 is 0 Å². The van der Waals surface area contributed by atoms with E-state index in [0.717, 1.165) is 35.8 Å². The minimum atomic E-state index is -0.269. The number of hydrogen-bond acceptors (Lipinski definition) is 2. The van der Waals surface area contributed by atoms with Crippen LogP contribution in [-0.2, 0) is 11.2 Å². The van der Waals surface area contributed by atoms with Crippen molar-refractivity contribution in [1.29, 1.82) is 0 Å². The van der Waals surface area contributed by atoms with Crippen molar-refractivity contribution in [3.05, 3.63) is 34.3 Å². The molecule has 0 amide bonds. The fourth-order valence-corrected chi connectivity index (χ4v) is 2.95. The van der Waals surface area contributed by atoms with Gasteiger partial charge in [-0.15, -0.1) is 0 Å². The third kappa shape index (κ3) is 2.61. The van der Waals surface area contributed by atoms with Gasteiger partial charge < -0.3 is 5.32 Å². The molecule has 17 heavy (non-hydrogen) atoms. The fourth-order valence-electron chi connectivity index (χ4n) is 2.53. The van der Waals surface area contributed by atoms with Gasteiger partial charge in [-0.25, -0.2) is 0 Å². The van der Waals surface area contributed by atoms with Crippen molar-refractivity contribution in [1.82, 2.24) is 5.32 Å². The first-order valence-electron chi connectivity index (χ1n) is 6.20. The number of hydrogen-bond donors (Lipinski definition) is 1. The van der Waals surface area contributed by atoms with Crippen LogP contribution in [0.5, 0.6) is 0 Å². The Kier molecular flexibility index (Phi) is 4.00. The van der Waals surface area contributed by atoms with Crippen LogP contribution in [0.4, 0.5) is 0 Å². The van der Waals surface area contributed by atoms with Crippen molar-refractivity contribution in [2.24, 2.45) is 0 Å². The predicted molar refractivity (Wildman–Crippen MR) is 73.1 cm³/mol. The summed E-state index contributed by atoms with van der Waals surface area (Å²) in [6.45, 7) is 3.06. The number of carbonyl (C=O) groups is 1. The highest BCUT2D eigenvalue weighted by atomic mass is 79.9. The Labute approximate surface area is 111 Å². The van der Waals surface area contributed by atoms with E-state index in [9.17, 15) is 4.79 Å². The second-order valence-corrected chi connectivity index (χ2v) is 5.51. The van der Waals surface area contributed by atoms with Gasteiger partial charge in [0.25, 0.3) is 0 Å². The standard InChI is InChI=1S/C14H18BrNO/c1-2-14(8-5-9-16-14)13(17)10-11-6-3-4-7-12(11)15/h3-4,6-7,16H,2,5,8-10H2,1H3. The van der Waals surface area contributed by atoms with Gasteiger partial charge in [-0.1, -0.05) is 41.1 Å². The van der Waals surface area contributed by atoms with Crippen molar-refractivity contribution >= 4 is 21.7 Å². The number of nitrogens with one attached hydrogen (secondary N) is 1. The summed E-state index contributed by atoms with van der Waals surface area (Å²) in [7, 11) is 0. The summed E-state index contributed by atoms with van der Waals surface area (Å²) >= 11 is 3.50. The first-order valence-corrected chi connectivity index (χ1v) is 6.99. The van der Waals surface area contributed by atoms with E-state index >= 15 is 0 Å². The van der Waals surface area contributed by atoms with Gasteiger partial charge in [0, 0.05) is 10.9 Å². The van der Waals surface area contributed by atoms with E-state index in [1.54, 1.807) is 0 Å². The molecule has 0 saturated carbocycles. The molecule has 0 bridgehead atoms. The van der Waals surface area contributed by atoms with Crippen LogP contribution < -0.4 is 5.32 Å². The van der Waals surface area contributed by atoms with Crippen molar-refractivity contribution < 1.29 is 4.79 Å². The second kappa shape index (κ2) is 5.32. The van der Waals surface area contributed by atoms with Crippen LogP contribution in [0.3, 0.4) is 0 Å². The Morgan fingerprint density at radius 3 is 2.82 bits per heavy atom. The average Bonchev–Trinajstić information content (AvgIpc) is 2.82. The summed E-state index contributed by atoms with van der Waals surface area (Å²) in [5, 5.41) is 3.39. The molecule has 0 spiro atoms. The summed E-state index contributed by atoms with van der Waals surface area (Å²) in [4.78, 5) is 12.4. The van der Waals surface area contributed by atoms with E-state index in [-0.39, 0.29) is 5.54 Å². The van der Waals surface area contributed by atoms with Crippen molar-refractivity contribution in [2.45, 2.75) is 38.1 Å². The lowest BCUT2D eigenvalue weighted by atomic mass is 9.86. The Hall–Kier alpha value is -0.670. The second-order valence-electron chi connectivity index (χ2n) is 4.66. The first-order chi connectivity index (χ1) is 8.18. The Morgan fingerprint density at radius 1 is 1.47 bits per heavy atom. The molecule has 2 nitrogen and oxygen atoms in total. The van der Waals surface area contributed by atoms with Crippen LogP contribution in [0.2, 0.25) is 0 Å². The lowest BCUT2D eigenvalue weighted by Gasteiger charge is -2.26. The van der Waals surface area contributed by atoms with E-state index in [4.69, 9.17) is 0 Å². The zero-order chi connectivity index (χ0) is 12.3. The van der Waals surface area contributed by atoms with Gasteiger partial charge in [0.15, 0.2) is 5.78 Å². The Morgan fingerprint density at radius 2 is 2.24 bits per heavy atom. The molecule has 0 aliphatic carbocycles. The van der Waals surface area contributed by atoms with E-state index in [1.165, 1.54) is 0 Å². The topological polar surface area (TPSA) is 29.1 Å². The zero-order valence-electron chi connectivity index (χ0n) is 10.1. The molecule has 1 aromatic carbocycles. The molecule has 0 radical (unpaired) electrons. The summed E-state index contributed by atoms with van der Waals surface area (Å²) in [6.07, 6.45) is 3.49. The van der Waals surface area contributed by atoms with Crippen LogP contribution in [0.15, 0.2) is 28.7 Å². The summed E-state index contributed by atoms with van der Waals surface area (Å²) in [5.41, 5.74) is 0.814. The van der Waals surface area contributed by atoms with E-state index < -0.39 is 0 Å². The van der Waals surface area contributed by atoms with Gasteiger partial charge in [0.05, 0.1) is 5.54 Å². The molecule has 1 atom stereocenters. The van der Waals surface area contributed by atoms with Gasteiger partial charge in [0.2, 0.25) is 0 Å². The maximum absolute atomic E-state index is 12.4. The molecule has 3 heteroatoms. The van der Waals surface area contributed by atoms with Crippen LogP contribution >= 0.6 is 15.9 Å². The van der Waals surface area contributed by atoms with Crippen LogP contribution in [0, 0.1) is 0 Å². The quantitative estimate of drug-likeness (QED) is 0.925. The van der Waals surface area contributed by atoms with Crippen molar-refractivity contribution in [3.63, 3.8) is 0 Å². The number of rotatable bonds is 4. The molecule has 1 fully saturated rings. The molecular weight excluding hydrogens is 278 g/mol. The molecule has 1 aromatic rings. The molecular formula is C14H18BrNO. The normalized spacial score (nSPS) is 23.9. The summed E-state index contributed by atoms with van der Waals surface area (Å²) < 4.78 is 1.03. The van der Waals surface area contributed by atoms with E-state index in [0.29, 0.717) is 12.2 Å². The summed E-state index contributed by atoms with van der Waals surface area (Å²) in [5.74, 6) is 0.324. The predicted octanol–water partition coefficient (Wildman–Crippen LogP) is 3.09. The van der Waals surface area contributed by atoms with Crippen LogP contribution in [0.25, 0.3) is 0 Å². The highest BCUT2D eigenvalue weighted by molar-refractivity contribution is 9.10. The first kappa shape index (κ1) is 12.8. The molecule has 2 rings (SSSR count). The minimum Gasteiger partial charge on any atom is -0.305 e. The molecule has 92 valence electrons. The summed E-state index contributed by atoms with van der Waals surface area (Å²) in [6, 6.07) is 7.96. The highest BCUT2D eigenvalue weighted by Gasteiger charge is 2.38. The molecule has 1 aliphatic rings. The maximum Gasteiger partial charge on any atom is 0.157 e. The van der Waals surface area contributed by atoms with Gasteiger partial charge in [-0.05, 0) is 37.4 Å². The highest BCUT2D eigenvalue weighted by Crippen LogP contribution is 2.27. The lowest BCUT2D eigenvalue weighted by Crippen LogP contribution is -2.47. The smallest absolute Gasteiger partial charge is 0.157 e. The largest absolute Gasteiger partial charge is 0.305 e.